The Hall–Kier alpha value is -2.77. The van der Waals surface area contributed by atoms with Crippen LogP contribution in [0.3, 0.4) is 0 Å². The van der Waals surface area contributed by atoms with Gasteiger partial charge in [-0.05, 0) is 6.07 Å². The predicted molar refractivity (Wildman–Crippen MR) is 66.4 cm³/mol. The highest BCUT2D eigenvalue weighted by molar-refractivity contribution is 5.90. The van der Waals surface area contributed by atoms with Gasteiger partial charge in [0, 0.05) is 24.2 Å². The van der Waals surface area contributed by atoms with Crippen LogP contribution in [0.2, 0.25) is 0 Å². The molecule has 0 fully saturated rings. The third-order valence-electron chi connectivity index (χ3n) is 2.38. The first-order valence-corrected chi connectivity index (χ1v) is 5.52. The summed E-state index contributed by atoms with van der Waals surface area (Å²) in [5, 5.41) is 17.1. The molecule has 1 aromatic heterocycles. The predicted octanol–water partition coefficient (Wildman–Crippen LogP) is 1.22. The summed E-state index contributed by atoms with van der Waals surface area (Å²) in [7, 11) is 0. The van der Waals surface area contributed by atoms with Crippen molar-refractivity contribution in [3.63, 3.8) is 0 Å². The topological polar surface area (TPSA) is 103 Å². The van der Waals surface area contributed by atoms with E-state index in [9.17, 15) is 14.9 Å². The number of aryl methyl sites for hydroxylation is 1. The van der Waals surface area contributed by atoms with Gasteiger partial charge in [-0.15, -0.1) is 0 Å². The van der Waals surface area contributed by atoms with Crippen molar-refractivity contribution in [2.75, 3.05) is 5.32 Å². The molecular formula is C11H11N5O3. The lowest BCUT2D eigenvalue weighted by Gasteiger charge is -2.04. The van der Waals surface area contributed by atoms with Crippen LogP contribution in [0.25, 0.3) is 0 Å². The van der Waals surface area contributed by atoms with Gasteiger partial charge in [0.15, 0.2) is 0 Å². The number of nitrogens with one attached hydrogen (secondary N) is 1. The van der Waals surface area contributed by atoms with Crippen molar-refractivity contribution in [1.29, 1.82) is 0 Å². The fraction of sp³-hybridized carbons (Fsp3) is 0.182. The molecule has 2 aromatic rings. The zero-order valence-electron chi connectivity index (χ0n) is 9.89. The first kappa shape index (κ1) is 12.7. The molecule has 0 aliphatic rings. The second-order valence-corrected chi connectivity index (χ2v) is 3.76. The van der Waals surface area contributed by atoms with Gasteiger partial charge in [0.2, 0.25) is 5.91 Å². The van der Waals surface area contributed by atoms with Crippen LogP contribution in [0.1, 0.15) is 6.42 Å². The van der Waals surface area contributed by atoms with Crippen molar-refractivity contribution in [3.8, 4) is 0 Å². The van der Waals surface area contributed by atoms with E-state index in [0.29, 0.717) is 12.2 Å². The number of carbonyl (C=O) groups is 1. The van der Waals surface area contributed by atoms with Gasteiger partial charge in [-0.25, -0.2) is 4.98 Å². The molecule has 0 saturated heterocycles. The second-order valence-electron chi connectivity index (χ2n) is 3.76. The van der Waals surface area contributed by atoms with E-state index < -0.39 is 4.92 Å². The molecule has 0 unspecified atom stereocenters. The Morgan fingerprint density at radius 1 is 1.47 bits per heavy atom. The van der Waals surface area contributed by atoms with Crippen LogP contribution in [0.15, 0.2) is 36.9 Å². The number of nitro groups is 1. The monoisotopic (exact) mass is 261 g/mol. The third kappa shape index (κ3) is 3.60. The quantitative estimate of drug-likeness (QED) is 0.643. The number of rotatable bonds is 5. The largest absolute Gasteiger partial charge is 0.326 e. The van der Waals surface area contributed by atoms with Gasteiger partial charge >= 0.3 is 0 Å². The van der Waals surface area contributed by atoms with Crippen molar-refractivity contribution in [1.82, 2.24) is 14.8 Å². The van der Waals surface area contributed by atoms with Crippen molar-refractivity contribution in [2.24, 2.45) is 0 Å². The van der Waals surface area contributed by atoms with Gasteiger partial charge in [0.05, 0.1) is 11.5 Å². The zero-order valence-corrected chi connectivity index (χ0v) is 9.89. The molecule has 1 heterocycles. The van der Waals surface area contributed by atoms with Crippen LogP contribution < -0.4 is 5.32 Å². The number of aromatic nitrogens is 3. The molecule has 0 saturated carbocycles. The lowest BCUT2D eigenvalue weighted by atomic mass is 10.2. The number of anilines is 1. The SMILES string of the molecule is O=C(CCn1cncn1)Nc1cccc([N+](=O)[O-])c1. The van der Waals surface area contributed by atoms with Gasteiger partial charge in [0.1, 0.15) is 12.7 Å². The van der Waals surface area contributed by atoms with E-state index >= 15 is 0 Å². The summed E-state index contributed by atoms with van der Waals surface area (Å²) in [6.07, 6.45) is 3.12. The number of benzene rings is 1. The fourth-order valence-electron chi connectivity index (χ4n) is 1.49. The van der Waals surface area contributed by atoms with Crippen molar-refractivity contribution < 1.29 is 9.72 Å². The van der Waals surface area contributed by atoms with Crippen LogP contribution in [0, 0.1) is 10.1 Å². The van der Waals surface area contributed by atoms with Gasteiger partial charge < -0.3 is 5.32 Å². The van der Waals surface area contributed by atoms with E-state index in [4.69, 9.17) is 0 Å². The van der Waals surface area contributed by atoms with Crippen molar-refractivity contribution in [2.45, 2.75) is 13.0 Å². The van der Waals surface area contributed by atoms with Gasteiger partial charge in [-0.1, -0.05) is 6.07 Å². The minimum Gasteiger partial charge on any atom is -0.326 e. The summed E-state index contributed by atoms with van der Waals surface area (Å²) in [4.78, 5) is 25.5. The van der Waals surface area contributed by atoms with Crippen LogP contribution in [-0.4, -0.2) is 25.6 Å². The molecule has 0 atom stereocenters. The van der Waals surface area contributed by atoms with Crippen molar-refractivity contribution in [3.05, 3.63) is 47.0 Å². The van der Waals surface area contributed by atoms with Gasteiger partial charge in [0.25, 0.3) is 5.69 Å². The highest BCUT2D eigenvalue weighted by atomic mass is 16.6. The number of nitrogens with zero attached hydrogens (tertiary/aromatic N) is 4. The van der Waals surface area contributed by atoms with Crippen molar-refractivity contribution >= 4 is 17.3 Å². The first-order chi connectivity index (χ1) is 9.15. The van der Waals surface area contributed by atoms with Gasteiger partial charge in [-0.2, -0.15) is 5.10 Å². The molecule has 0 spiro atoms. The van der Waals surface area contributed by atoms with E-state index in [1.165, 1.54) is 35.5 Å². The summed E-state index contributed by atoms with van der Waals surface area (Å²) in [6, 6.07) is 5.80. The standard InChI is InChI=1S/C11H11N5O3/c17-11(4-5-15-8-12-7-13-15)14-9-2-1-3-10(6-9)16(18)19/h1-3,6-8H,4-5H2,(H,14,17). The average Bonchev–Trinajstić information content (AvgIpc) is 2.90. The molecular weight excluding hydrogens is 250 g/mol. The maximum Gasteiger partial charge on any atom is 0.271 e. The Morgan fingerprint density at radius 3 is 3.00 bits per heavy atom. The molecule has 19 heavy (non-hydrogen) atoms. The van der Waals surface area contributed by atoms with Crippen LogP contribution >= 0.6 is 0 Å². The Balaban J connectivity index is 1.91. The number of hydrogen-bond acceptors (Lipinski definition) is 5. The van der Waals surface area contributed by atoms with E-state index in [1.54, 1.807) is 6.07 Å². The van der Waals surface area contributed by atoms with E-state index in [0.717, 1.165) is 0 Å². The summed E-state index contributed by atoms with van der Waals surface area (Å²) in [5.74, 6) is -0.240. The molecule has 8 nitrogen and oxygen atoms in total. The lowest BCUT2D eigenvalue weighted by molar-refractivity contribution is -0.384. The van der Waals surface area contributed by atoms with E-state index in [-0.39, 0.29) is 18.0 Å². The normalized spacial score (nSPS) is 10.1. The Morgan fingerprint density at radius 2 is 2.32 bits per heavy atom. The summed E-state index contributed by atoms with van der Waals surface area (Å²) < 4.78 is 1.53. The number of amides is 1. The average molecular weight is 261 g/mol. The molecule has 98 valence electrons. The Kier molecular flexibility index (Phi) is 3.81. The van der Waals surface area contributed by atoms with Crippen LogP contribution in [-0.2, 0) is 11.3 Å². The highest BCUT2D eigenvalue weighted by Crippen LogP contribution is 2.17. The molecule has 0 aliphatic heterocycles. The minimum atomic E-state index is -0.509. The Labute approximate surface area is 108 Å². The summed E-state index contributed by atoms with van der Waals surface area (Å²) in [5.41, 5.74) is 0.340. The highest BCUT2D eigenvalue weighted by Gasteiger charge is 2.08. The molecule has 1 amide bonds. The number of nitro benzene ring substituents is 1. The second kappa shape index (κ2) is 5.71. The molecule has 0 bridgehead atoms. The molecule has 0 radical (unpaired) electrons. The molecule has 1 aromatic carbocycles. The number of carbonyl (C=O) groups excluding carboxylic acids is 1. The molecule has 8 heteroatoms. The first-order valence-electron chi connectivity index (χ1n) is 5.52. The maximum atomic E-state index is 11.6. The summed E-state index contributed by atoms with van der Waals surface area (Å²) in [6.45, 7) is 0.404. The molecule has 2 rings (SSSR count). The van der Waals surface area contributed by atoms with Crippen LogP contribution in [0.5, 0.6) is 0 Å². The zero-order chi connectivity index (χ0) is 13.7. The Bertz CT molecular complexity index is 582. The minimum absolute atomic E-state index is 0.0610. The maximum absolute atomic E-state index is 11.6. The van der Waals surface area contributed by atoms with Crippen LogP contribution in [0.4, 0.5) is 11.4 Å². The third-order valence-corrected chi connectivity index (χ3v) is 2.38. The molecule has 1 N–H and O–H groups in total. The van der Waals surface area contributed by atoms with E-state index in [2.05, 4.69) is 15.4 Å². The number of non-ortho nitro benzene ring substituents is 1. The molecule has 0 aliphatic carbocycles. The summed E-state index contributed by atoms with van der Waals surface area (Å²) >= 11 is 0. The number of hydrogen-bond donors (Lipinski definition) is 1. The van der Waals surface area contributed by atoms with Gasteiger partial charge in [-0.3, -0.25) is 19.6 Å². The smallest absolute Gasteiger partial charge is 0.271 e. The lowest BCUT2D eigenvalue weighted by Crippen LogP contribution is -2.14. The van der Waals surface area contributed by atoms with E-state index in [1.807, 2.05) is 0 Å². The fourth-order valence-corrected chi connectivity index (χ4v) is 1.49.